The Kier molecular flexibility index (Phi) is 9.22. The first-order valence-corrected chi connectivity index (χ1v) is 14.6. The lowest BCUT2D eigenvalue weighted by molar-refractivity contribution is 0.116. The summed E-state index contributed by atoms with van der Waals surface area (Å²) >= 11 is 0. The van der Waals surface area contributed by atoms with E-state index in [0.29, 0.717) is 18.6 Å². The Morgan fingerprint density at radius 2 is 1.68 bits per heavy atom. The van der Waals surface area contributed by atoms with Gasteiger partial charge in [-0.05, 0) is 64.0 Å². The number of carbonyl (C=O) groups is 1. The van der Waals surface area contributed by atoms with Crippen LogP contribution in [0.25, 0.3) is 10.9 Å². The van der Waals surface area contributed by atoms with Crippen LogP contribution in [-0.2, 0) is 22.7 Å². The molecule has 0 unspecified atom stereocenters. The molecule has 2 fully saturated rings. The molecule has 2 heterocycles. The minimum Gasteiger partial charge on any atom is -0.445 e. The van der Waals surface area contributed by atoms with Crippen molar-refractivity contribution in [2.45, 2.75) is 77.6 Å². The summed E-state index contributed by atoms with van der Waals surface area (Å²) in [5.74, 6) is 0. The van der Waals surface area contributed by atoms with Crippen molar-refractivity contribution in [3.05, 3.63) is 82.6 Å². The van der Waals surface area contributed by atoms with Crippen LogP contribution in [0.5, 0.6) is 0 Å². The Morgan fingerprint density at radius 1 is 0.975 bits per heavy atom. The van der Waals surface area contributed by atoms with E-state index in [2.05, 4.69) is 58.1 Å². The van der Waals surface area contributed by atoms with Crippen molar-refractivity contribution < 1.29 is 14.4 Å². The van der Waals surface area contributed by atoms with Crippen molar-refractivity contribution in [2.24, 2.45) is 5.16 Å². The fourth-order valence-electron chi connectivity index (χ4n) is 6.44. The van der Waals surface area contributed by atoms with E-state index in [4.69, 9.17) is 9.57 Å². The van der Waals surface area contributed by atoms with Gasteiger partial charge < -0.3 is 24.4 Å². The Balaban J connectivity index is 1.33. The molecule has 1 aliphatic heterocycles. The van der Waals surface area contributed by atoms with E-state index in [1.54, 1.807) is 18.9 Å². The predicted octanol–water partition coefficient (Wildman–Crippen LogP) is 6.96. The third kappa shape index (κ3) is 6.41. The van der Waals surface area contributed by atoms with Crippen molar-refractivity contribution in [3.63, 3.8) is 0 Å². The van der Waals surface area contributed by atoms with Gasteiger partial charge in [0.25, 0.3) is 0 Å². The number of para-hydroxylation sites is 1. The summed E-state index contributed by atoms with van der Waals surface area (Å²) in [7, 11) is 1.55. The van der Waals surface area contributed by atoms with E-state index in [0.717, 1.165) is 48.1 Å². The highest BCUT2D eigenvalue weighted by Crippen LogP contribution is 2.36. The molecule has 1 aromatic heterocycles. The van der Waals surface area contributed by atoms with E-state index >= 15 is 0 Å². The molecule has 1 saturated carbocycles. The number of hydrogen-bond donors (Lipinski definition) is 1. The van der Waals surface area contributed by atoms with Crippen LogP contribution in [0.15, 0.2) is 70.9 Å². The average molecular weight is 543 g/mol. The lowest BCUT2D eigenvalue weighted by atomic mass is 9.86. The molecule has 1 N–H and O–H groups in total. The largest absolute Gasteiger partial charge is 0.445 e. The number of rotatable bonds is 8. The maximum absolute atomic E-state index is 12.7. The number of oxime groups is 1. The molecule has 3 aromatic rings. The summed E-state index contributed by atoms with van der Waals surface area (Å²) in [4.78, 5) is 20.5. The Morgan fingerprint density at radius 3 is 2.38 bits per heavy atom. The van der Waals surface area contributed by atoms with Gasteiger partial charge in [0.1, 0.15) is 13.7 Å². The second-order valence-corrected chi connectivity index (χ2v) is 11.2. The molecular weight excluding hydrogens is 500 g/mol. The van der Waals surface area contributed by atoms with Crippen molar-refractivity contribution in [3.8, 4) is 0 Å². The van der Waals surface area contributed by atoms with Crippen LogP contribution in [0.1, 0.15) is 75.2 Å². The third-order valence-electron chi connectivity index (χ3n) is 8.60. The first kappa shape index (κ1) is 28.0. The molecule has 1 amide bonds. The van der Waals surface area contributed by atoms with Crippen LogP contribution in [0.2, 0.25) is 0 Å². The number of nitrogens with one attached hydrogen (secondary N) is 1. The van der Waals surface area contributed by atoms with E-state index in [1.807, 2.05) is 30.3 Å². The summed E-state index contributed by atoms with van der Waals surface area (Å²) in [6.07, 6.45) is 8.53. The fourth-order valence-corrected chi connectivity index (χ4v) is 6.44. The molecule has 0 bridgehead atoms. The summed E-state index contributed by atoms with van der Waals surface area (Å²) in [6, 6.07) is 19.2. The van der Waals surface area contributed by atoms with Gasteiger partial charge in [0.15, 0.2) is 0 Å². The zero-order chi connectivity index (χ0) is 27.9. The van der Waals surface area contributed by atoms with Crippen LogP contribution in [0.3, 0.4) is 0 Å². The minimum atomic E-state index is -0.432. The molecule has 0 atom stereocenters. The normalized spacial score (nSPS) is 18.8. The Bertz CT molecular complexity index is 1340. The quantitative estimate of drug-likeness (QED) is 0.190. The number of ether oxygens (including phenoxy) is 1. The topological polar surface area (TPSA) is 68.1 Å². The van der Waals surface area contributed by atoms with Gasteiger partial charge >= 0.3 is 6.09 Å². The predicted molar refractivity (Wildman–Crippen MR) is 160 cm³/mol. The molecule has 40 heavy (non-hydrogen) atoms. The number of alkyl carbamates (subject to hydrolysis) is 1. The number of fused-ring (bicyclic) bond motifs is 1. The second-order valence-electron chi connectivity index (χ2n) is 11.2. The molecular formula is C33H42N4O3. The SMILES string of the molecule is CON=Cc1c(CNC(=O)OCc2ccccc2)n(C2CCN(C3CCC(=C(C)C)CC3)CC2)c2ccccc12. The van der Waals surface area contributed by atoms with Gasteiger partial charge in [0.05, 0.1) is 12.8 Å². The standard InChI is InChI=1S/C33H42N4O3/c1-24(2)26-13-15-27(16-14-26)36-19-17-28(18-20-36)37-31-12-8-7-11-29(31)30(21-35-39-3)32(37)22-34-33(38)40-23-25-9-5-4-6-10-25/h4-12,21,27-28H,13-20,22-23H2,1-3H3,(H,34,38). The minimum absolute atomic E-state index is 0.238. The molecule has 5 rings (SSSR count). The van der Waals surface area contributed by atoms with Gasteiger partial charge in [0.2, 0.25) is 0 Å². The highest BCUT2D eigenvalue weighted by molar-refractivity contribution is 6.01. The zero-order valence-electron chi connectivity index (χ0n) is 24.1. The van der Waals surface area contributed by atoms with Gasteiger partial charge in [-0.15, -0.1) is 0 Å². The summed E-state index contributed by atoms with van der Waals surface area (Å²) in [5, 5.41) is 8.23. The second kappa shape index (κ2) is 13.2. The average Bonchev–Trinajstić information content (AvgIpc) is 3.31. The van der Waals surface area contributed by atoms with Crippen molar-refractivity contribution in [2.75, 3.05) is 20.2 Å². The van der Waals surface area contributed by atoms with Crippen LogP contribution < -0.4 is 5.32 Å². The monoisotopic (exact) mass is 542 g/mol. The summed E-state index contributed by atoms with van der Waals surface area (Å²) in [6.45, 7) is 7.29. The molecule has 1 saturated heterocycles. The molecule has 2 aliphatic rings. The molecule has 1 aliphatic carbocycles. The van der Waals surface area contributed by atoms with Gasteiger partial charge in [0, 0.05) is 47.3 Å². The number of piperidine rings is 1. The van der Waals surface area contributed by atoms with Crippen LogP contribution in [0.4, 0.5) is 4.79 Å². The van der Waals surface area contributed by atoms with Gasteiger partial charge in [-0.25, -0.2) is 4.79 Å². The molecule has 7 nitrogen and oxygen atoms in total. The molecule has 2 aromatic carbocycles. The number of hydrogen-bond acceptors (Lipinski definition) is 5. The number of carbonyl (C=O) groups excluding carboxylic acids is 1. The molecule has 212 valence electrons. The smallest absolute Gasteiger partial charge is 0.407 e. The summed E-state index contributed by atoms with van der Waals surface area (Å²) in [5.41, 5.74) is 7.30. The van der Waals surface area contributed by atoms with E-state index in [1.165, 1.54) is 36.8 Å². The lowest BCUT2D eigenvalue weighted by Crippen LogP contribution is -2.43. The molecule has 0 radical (unpaired) electrons. The van der Waals surface area contributed by atoms with Crippen molar-refractivity contribution >= 4 is 23.2 Å². The van der Waals surface area contributed by atoms with Crippen molar-refractivity contribution in [1.82, 2.24) is 14.8 Å². The van der Waals surface area contributed by atoms with E-state index in [-0.39, 0.29) is 6.61 Å². The van der Waals surface area contributed by atoms with Crippen molar-refractivity contribution in [1.29, 1.82) is 0 Å². The molecule has 0 spiro atoms. The van der Waals surface area contributed by atoms with Crippen LogP contribution in [-0.4, -0.2) is 48.0 Å². The number of likely N-dealkylation sites (tertiary alicyclic amines) is 1. The highest BCUT2D eigenvalue weighted by Gasteiger charge is 2.30. The van der Waals surface area contributed by atoms with Gasteiger partial charge in [-0.2, -0.15) is 0 Å². The lowest BCUT2D eigenvalue weighted by Gasteiger charge is -2.40. The van der Waals surface area contributed by atoms with Gasteiger partial charge in [-0.3, -0.25) is 0 Å². The number of aromatic nitrogens is 1. The third-order valence-corrected chi connectivity index (χ3v) is 8.60. The molecule has 7 heteroatoms. The maximum atomic E-state index is 12.7. The van der Waals surface area contributed by atoms with E-state index < -0.39 is 6.09 Å². The maximum Gasteiger partial charge on any atom is 0.407 e. The summed E-state index contributed by atoms with van der Waals surface area (Å²) < 4.78 is 7.94. The number of benzene rings is 2. The highest BCUT2D eigenvalue weighted by atomic mass is 16.6. The number of nitrogens with zero attached hydrogens (tertiary/aromatic N) is 3. The first-order chi connectivity index (χ1) is 19.5. The first-order valence-electron chi connectivity index (χ1n) is 14.6. The zero-order valence-corrected chi connectivity index (χ0v) is 24.1. The van der Waals surface area contributed by atoms with Crippen LogP contribution >= 0.6 is 0 Å². The number of allylic oxidation sites excluding steroid dienone is 2. The number of amides is 1. The van der Waals surface area contributed by atoms with Gasteiger partial charge in [-0.1, -0.05) is 64.8 Å². The Labute approximate surface area is 237 Å². The fraction of sp³-hybridized carbons (Fsp3) is 0.455. The van der Waals surface area contributed by atoms with E-state index in [9.17, 15) is 4.79 Å². The Hall–Kier alpha value is -3.58. The van der Waals surface area contributed by atoms with Crippen LogP contribution in [0, 0.1) is 0 Å².